The molecule has 1 aromatic rings. The van der Waals surface area contributed by atoms with Crippen LogP contribution in [0.25, 0.3) is 0 Å². The first-order chi connectivity index (χ1) is 9.31. The van der Waals surface area contributed by atoms with Crippen LogP contribution in [0.15, 0.2) is 18.2 Å². The number of hydrogen-bond acceptors (Lipinski definition) is 2. The number of hydrogen-bond donors (Lipinski definition) is 2. The Hall–Kier alpha value is -1.62. The van der Waals surface area contributed by atoms with Crippen molar-refractivity contribution < 1.29 is 14.0 Å². The van der Waals surface area contributed by atoms with E-state index in [1.165, 1.54) is 13.0 Å². The van der Waals surface area contributed by atoms with Crippen molar-refractivity contribution in [3.63, 3.8) is 0 Å². The highest BCUT2D eigenvalue weighted by Crippen LogP contribution is 2.26. The zero-order valence-corrected chi connectivity index (χ0v) is 12.4. The highest BCUT2D eigenvalue weighted by atomic mass is 35.5. The summed E-state index contributed by atoms with van der Waals surface area (Å²) in [7, 11) is 0. The first kappa shape index (κ1) is 16.4. The maximum Gasteiger partial charge on any atom is 0.239 e. The van der Waals surface area contributed by atoms with Crippen LogP contribution in [0.3, 0.4) is 0 Å². The molecule has 20 heavy (non-hydrogen) atoms. The molecule has 1 atom stereocenters. The fraction of sp³-hybridized carbons (Fsp3) is 0.429. The Balaban J connectivity index is 2.84. The summed E-state index contributed by atoms with van der Waals surface area (Å²) in [5, 5.41) is 5.41. The van der Waals surface area contributed by atoms with Crippen molar-refractivity contribution in [2.45, 2.75) is 26.8 Å². The van der Waals surface area contributed by atoms with Gasteiger partial charge in [-0.25, -0.2) is 4.39 Å². The summed E-state index contributed by atoms with van der Waals surface area (Å²) in [5.74, 6) is -1.13. The van der Waals surface area contributed by atoms with Gasteiger partial charge >= 0.3 is 0 Å². The molecule has 0 aliphatic carbocycles. The van der Waals surface area contributed by atoms with Crippen molar-refractivity contribution in [1.29, 1.82) is 0 Å². The normalized spacial score (nSPS) is 12.1. The van der Waals surface area contributed by atoms with Crippen LogP contribution in [0.2, 0.25) is 5.02 Å². The van der Waals surface area contributed by atoms with Gasteiger partial charge in [-0.05, 0) is 18.1 Å². The summed E-state index contributed by atoms with van der Waals surface area (Å²) < 4.78 is 13.9. The summed E-state index contributed by atoms with van der Waals surface area (Å²) in [4.78, 5) is 22.5. The van der Waals surface area contributed by atoms with Gasteiger partial charge in [0.25, 0.3) is 0 Å². The second-order valence-corrected chi connectivity index (χ2v) is 5.30. The Bertz CT molecular complexity index is 506. The average Bonchev–Trinajstić information content (AvgIpc) is 2.34. The van der Waals surface area contributed by atoms with E-state index in [-0.39, 0.29) is 24.3 Å². The standard InChI is InChI=1S/C14H18ClFN2O2/c1-8(2)14(18-13(20)7-17-9(3)19)11-5-4-10(15)6-12(11)16/h4-6,8,14H,7H2,1-3H3,(H,17,19)(H,18,20). The molecule has 1 unspecified atom stereocenters. The summed E-state index contributed by atoms with van der Waals surface area (Å²) in [6, 6.07) is 3.87. The van der Waals surface area contributed by atoms with Crippen LogP contribution < -0.4 is 10.6 Å². The lowest BCUT2D eigenvalue weighted by atomic mass is 9.95. The Kier molecular flexibility index (Phi) is 5.95. The number of rotatable bonds is 5. The minimum atomic E-state index is -0.478. The monoisotopic (exact) mass is 300 g/mol. The van der Waals surface area contributed by atoms with Crippen molar-refractivity contribution in [2.75, 3.05) is 6.54 Å². The highest BCUT2D eigenvalue weighted by molar-refractivity contribution is 6.30. The molecule has 0 bridgehead atoms. The van der Waals surface area contributed by atoms with E-state index in [0.717, 1.165) is 0 Å². The van der Waals surface area contributed by atoms with E-state index < -0.39 is 11.9 Å². The molecule has 4 nitrogen and oxygen atoms in total. The predicted molar refractivity (Wildman–Crippen MR) is 75.8 cm³/mol. The number of amides is 2. The Labute approximate surface area is 122 Å². The molecular formula is C14H18ClFN2O2. The van der Waals surface area contributed by atoms with E-state index in [1.54, 1.807) is 12.1 Å². The second-order valence-electron chi connectivity index (χ2n) is 4.86. The fourth-order valence-corrected chi connectivity index (χ4v) is 1.95. The minimum Gasteiger partial charge on any atom is -0.347 e. The van der Waals surface area contributed by atoms with E-state index in [2.05, 4.69) is 10.6 Å². The topological polar surface area (TPSA) is 58.2 Å². The van der Waals surface area contributed by atoms with E-state index in [4.69, 9.17) is 11.6 Å². The van der Waals surface area contributed by atoms with E-state index in [0.29, 0.717) is 10.6 Å². The van der Waals surface area contributed by atoms with Gasteiger partial charge in [0, 0.05) is 17.5 Å². The second kappa shape index (κ2) is 7.24. The third-order valence-corrected chi connectivity index (χ3v) is 3.01. The highest BCUT2D eigenvalue weighted by Gasteiger charge is 2.21. The van der Waals surface area contributed by atoms with Crippen LogP contribution in [0, 0.1) is 11.7 Å². The van der Waals surface area contributed by atoms with E-state index >= 15 is 0 Å². The van der Waals surface area contributed by atoms with Crippen LogP contribution in [-0.2, 0) is 9.59 Å². The zero-order chi connectivity index (χ0) is 15.3. The molecule has 0 aromatic heterocycles. The maximum absolute atomic E-state index is 13.9. The fourth-order valence-electron chi connectivity index (χ4n) is 1.79. The molecule has 0 heterocycles. The van der Waals surface area contributed by atoms with Gasteiger partial charge in [-0.15, -0.1) is 0 Å². The molecule has 1 aromatic carbocycles. The number of halogens is 2. The van der Waals surface area contributed by atoms with Crippen molar-refractivity contribution in [3.05, 3.63) is 34.6 Å². The van der Waals surface area contributed by atoms with Gasteiger partial charge in [0.05, 0.1) is 12.6 Å². The Morgan fingerprint density at radius 3 is 2.50 bits per heavy atom. The molecular weight excluding hydrogens is 283 g/mol. The maximum atomic E-state index is 13.9. The molecule has 0 saturated carbocycles. The van der Waals surface area contributed by atoms with Gasteiger partial charge in [0.15, 0.2) is 0 Å². The molecule has 1 rings (SSSR count). The number of carbonyl (C=O) groups is 2. The van der Waals surface area contributed by atoms with Crippen molar-refractivity contribution in [3.8, 4) is 0 Å². The van der Waals surface area contributed by atoms with Crippen LogP contribution in [0.1, 0.15) is 32.4 Å². The summed E-state index contributed by atoms with van der Waals surface area (Å²) in [5.41, 5.74) is 0.376. The van der Waals surface area contributed by atoms with Gasteiger partial charge in [-0.2, -0.15) is 0 Å². The van der Waals surface area contributed by atoms with Crippen LogP contribution in [-0.4, -0.2) is 18.4 Å². The molecule has 110 valence electrons. The van der Waals surface area contributed by atoms with Crippen molar-refractivity contribution in [2.24, 2.45) is 5.92 Å². The predicted octanol–water partition coefficient (Wildman–Crippen LogP) is 2.43. The number of nitrogens with one attached hydrogen (secondary N) is 2. The zero-order valence-electron chi connectivity index (χ0n) is 11.7. The van der Waals surface area contributed by atoms with Gasteiger partial charge in [0.2, 0.25) is 11.8 Å². The largest absolute Gasteiger partial charge is 0.347 e. The van der Waals surface area contributed by atoms with Gasteiger partial charge < -0.3 is 10.6 Å². The molecule has 6 heteroatoms. The Morgan fingerprint density at radius 2 is 2.00 bits per heavy atom. The smallest absolute Gasteiger partial charge is 0.239 e. The first-order valence-electron chi connectivity index (χ1n) is 6.30. The third-order valence-electron chi connectivity index (χ3n) is 2.78. The summed E-state index contributed by atoms with van der Waals surface area (Å²) in [6.45, 7) is 4.94. The van der Waals surface area contributed by atoms with Gasteiger partial charge in [0.1, 0.15) is 5.82 Å². The first-order valence-corrected chi connectivity index (χ1v) is 6.67. The van der Waals surface area contributed by atoms with Gasteiger partial charge in [-0.3, -0.25) is 9.59 Å². The Morgan fingerprint density at radius 1 is 1.35 bits per heavy atom. The summed E-state index contributed by atoms with van der Waals surface area (Å²) in [6.07, 6.45) is 0. The molecule has 0 aliphatic rings. The SMILES string of the molecule is CC(=O)NCC(=O)NC(c1ccc(Cl)cc1F)C(C)C. The van der Waals surface area contributed by atoms with Crippen LogP contribution in [0.4, 0.5) is 4.39 Å². The minimum absolute atomic E-state index is 0.00745. The third kappa shape index (κ3) is 4.81. The van der Waals surface area contributed by atoms with Crippen molar-refractivity contribution >= 4 is 23.4 Å². The van der Waals surface area contributed by atoms with Crippen LogP contribution in [0.5, 0.6) is 0 Å². The van der Waals surface area contributed by atoms with Crippen LogP contribution >= 0.6 is 11.6 Å². The lowest BCUT2D eigenvalue weighted by Gasteiger charge is -2.23. The molecule has 2 amide bonds. The lowest BCUT2D eigenvalue weighted by Crippen LogP contribution is -2.39. The molecule has 0 saturated heterocycles. The molecule has 0 spiro atoms. The molecule has 0 aliphatic heterocycles. The average molecular weight is 301 g/mol. The van der Waals surface area contributed by atoms with Gasteiger partial charge in [-0.1, -0.05) is 31.5 Å². The summed E-state index contributed by atoms with van der Waals surface area (Å²) >= 11 is 5.72. The lowest BCUT2D eigenvalue weighted by molar-refractivity contribution is -0.125. The van der Waals surface area contributed by atoms with Crippen molar-refractivity contribution in [1.82, 2.24) is 10.6 Å². The molecule has 2 N–H and O–H groups in total. The molecule has 0 radical (unpaired) electrons. The number of carbonyl (C=O) groups excluding carboxylic acids is 2. The quantitative estimate of drug-likeness (QED) is 0.877. The van der Waals surface area contributed by atoms with E-state index in [1.807, 2.05) is 13.8 Å². The molecule has 0 fully saturated rings. The van der Waals surface area contributed by atoms with E-state index in [9.17, 15) is 14.0 Å². The number of benzene rings is 1.